The van der Waals surface area contributed by atoms with E-state index >= 15 is 0 Å². The number of benzene rings is 2. The summed E-state index contributed by atoms with van der Waals surface area (Å²) in [6.45, 7) is 2.84. The van der Waals surface area contributed by atoms with Crippen molar-refractivity contribution in [2.45, 2.75) is 13.5 Å². The van der Waals surface area contributed by atoms with Crippen molar-refractivity contribution in [3.63, 3.8) is 0 Å². The quantitative estimate of drug-likeness (QED) is 0.869. The topological polar surface area (TPSA) is 46.3 Å². The van der Waals surface area contributed by atoms with Crippen LogP contribution in [0.1, 0.15) is 22.8 Å². The number of nitrogens with two attached hydrogens (primary N) is 1. The van der Waals surface area contributed by atoms with Gasteiger partial charge in [-0.25, -0.2) is 4.39 Å². The highest BCUT2D eigenvalue weighted by Gasteiger charge is 2.18. The molecule has 0 aliphatic heterocycles. The molecule has 2 rings (SSSR count). The van der Waals surface area contributed by atoms with E-state index < -0.39 is 5.82 Å². The maximum atomic E-state index is 13.8. The zero-order valence-electron chi connectivity index (χ0n) is 11.3. The van der Waals surface area contributed by atoms with Gasteiger partial charge < -0.3 is 10.6 Å². The van der Waals surface area contributed by atoms with Crippen LogP contribution in [0.15, 0.2) is 48.5 Å². The van der Waals surface area contributed by atoms with E-state index in [4.69, 9.17) is 5.73 Å². The molecule has 0 radical (unpaired) electrons. The molecule has 2 aromatic carbocycles. The van der Waals surface area contributed by atoms with Gasteiger partial charge in [-0.05, 0) is 30.7 Å². The Labute approximate surface area is 117 Å². The first kappa shape index (κ1) is 14.1. The van der Waals surface area contributed by atoms with Gasteiger partial charge in [0.15, 0.2) is 0 Å². The number of hydrogen-bond donors (Lipinski definition) is 1. The average Bonchev–Trinajstić information content (AvgIpc) is 2.45. The monoisotopic (exact) mass is 272 g/mol. The van der Waals surface area contributed by atoms with Crippen LogP contribution in [-0.2, 0) is 6.54 Å². The van der Waals surface area contributed by atoms with Crippen LogP contribution in [0.3, 0.4) is 0 Å². The molecule has 0 saturated heterocycles. The number of hydrogen-bond acceptors (Lipinski definition) is 2. The first-order valence-electron chi connectivity index (χ1n) is 6.50. The van der Waals surface area contributed by atoms with E-state index in [1.165, 1.54) is 18.2 Å². The van der Waals surface area contributed by atoms with Crippen molar-refractivity contribution in [1.82, 2.24) is 4.90 Å². The molecule has 0 aromatic heterocycles. The first-order chi connectivity index (χ1) is 9.61. The van der Waals surface area contributed by atoms with Crippen molar-refractivity contribution in [2.75, 3.05) is 12.3 Å². The van der Waals surface area contributed by atoms with E-state index in [1.807, 2.05) is 37.3 Å². The molecule has 0 bridgehead atoms. The van der Waals surface area contributed by atoms with Crippen molar-refractivity contribution in [1.29, 1.82) is 0 Å². The van der Waals surface area contributed by atoms with Crippen molar-refractivity contribution < 1.29 is 9.18 Å². The summed E-state index contributed by atoms with van der Waals surface area (Å²) >= 11 is 0. The lowest BCUT2D eigenvalue weighted by molar-refractivity contribution is 0.0748. The summed E-state index contributed by atoms with van der Waals surface area (Å²) in [6.07, 6.45) is 0. The van der Waals surface area contributed by atoms with Gasteiger partial charge in [-0.3, -0.25) is 4.79 Å². The van der Waals surface area contributed by atoms with Crippen LogP contribution < -0.4 is 5.73 Å². The van der Waals surface area contributed by atoms with Crippen LogP contribution in [0.5, 0.6) is 0 Å². The minimum Gasteiger partial charge on any atom is -0.399 e. The fourth-order valence-corrected chi connectivity index (χ4v) is 2.01. The predicted octanol–water partition coefficient (Wildman–Crippen LogP) is 3.07. The molecule has 0 fully saturated rings. The fourth-order valence-electron chi connectivity index (χ4n) is 2.01. The molecule has 0 spiro atoms. The molecule has 20 heavy (non-hydrogen) atoms. The smallest absolute Gasteiger partial charge is 0.257 e. The molecule has 0 unspecified atom stereocenters. The van der Waals surface area contributed by atoms with E-state index in [0.717, 1.165) is 5.56 Å². The Morgan fingerprint density at radius 3 is 2.50 bits per heavy atom. The minimum absolute atomic E-state index is 0.0528. The lowest BCUT2D eigenvalue weighted by Gasteiger charge is -2.21. The largest absolute Gasteiger partial charge is 0.399 e. The van der Waals surface area contributed by atoms with Gasteiger partial charge in [0.05, 0.1) is 5.56 Å². The second kappa shape index (κ2) is 6.19. The van der Waals surface area contributed by atoms with E-state index in [2.05, 4.69) is 0 Å². The van der Waals surface area contributed by atoms with Gasteiger partial charge in [-0.2, -0.15) is 0 Å². The summed E-state index contributed by atoms with van der Waals surface area (Å²) in [5, 5.41) is 0. The molecule has 0 aliphatic rings. The number of amides is 1. The van der Waals surface area contributed by atoms with Gasteiger partial charge in [-0.15, -0.1) is 0 Å². The number of carbonyl (C=O) groups is 1. The lowest BCUT2D eigenvalue weighted by Crippen LogP contribution is -2.31. The third-order valence-corrected chi connectivity index (χ3v) is 3.11. The second-order valence-electron chi connectivity index (χ2n) is 4.54. The zero-order valence-corrected chi connectivity index (χ0v) is 11.3. The molecular weight excluding hydrogens is 255 g/mol. The Morgan fingerprint density at radius 2 is 1.90 bits per heavy atom. The molecule has 1 amide bonds. The maximum Gasteiger partial charge on any atom is 0.257 e. The third-order valence-electron chi connectivity index (χ3n) is 3.11. The normalized spacial score (nSPS) is 10.3. The third kappa shape index (κ3) is 3.15. The maximum absolute atomic E-state index is 13.8. The number of carbonyl (C=O) groups excluding carboxylic acids is 1. The predicted molar refractivity (Wildman–Crippen MR) is 77.7 cm³/mol. The number of halogens is 1. The molecular formula is C16H17FN2O. The Bertz CT molecular complexity index is 599. The SMILES string of the molecule is CCN(Cc1ccccc1)C(=O)c1ccc(N)cc1F. The Kier molecular flexibility index (Phi) is 4.35. The van der Waals surface area contributed by atoms with Gasteiger partial charge in [0, 0.05) is 18.8 Å². The van der Waals surface area contributed by atoms with Gasteiger partial charge in [-0.1, -0.05) is 30.3 Å². The molecule has 0 saturated carbocycles. The number of rotatable bonds is 4. The molecule has 104 valence electrons. The Morgan fingerprint density at radius 1 is 1.20 bits per heavy atom. The van der Waals surface area contributed by atoms with E-state index in [0.29, 0.717) is 18.8 Å². The van der Waals surface area contributed by atoms with Gasteiger partial charge >= 0.3 is 0 Å². The van der Waals surface area contributed by atoms with E-state index in [1.54, 1.807) is 4.90 Å². The lowest BCUT2D eigenvalue weighted by atomic mass is 10.1. The van der Waals surface area contributed by atoms with Crippen molar-refractivity contribution in [2.24, 2.45) is 0 Å². The zero-order chi connectivity index (χ0) is 14.5. The van der Waals surface area contributed by atoms with Crippen LogP contribution in [-0.4, -0.2) is 17.4 Å². The van der Waals surface area contributed by atoms with Crippen LogP contribution in [0.2, 0.25) is 0 Å². The summed E-state index contributed by atoms with van der Waals surface area (Å²) in [6, 6.07) is 13.8. The summed E-state index contributed by atoms with van der Waals surface area (Å²) < 4.78 is 13.8. The van der Waals surface area contributed by atoms with Gasteiger partial charge in [0.2, 0.25) is 0 Å². The van der Waals surface area contributed by atoms with Crippen molar-refractivity contribution in [3.05, 3.63) is 65.5 Å². The highest BCUT2D eigenvalue weighted by atomic mass is 19.1. The number of anilines is 1. The highest BCUT2D eigenvalue weighted by molar-refractivity contribution is 5.94. The van der Waals surface area contributed by atoms with Crippen LogP contribution >= 0.6 is 0 Å². The minimum atomic E-state index is -0.582. The molecule has 0 heterocycles. The van der Waals surface area contributed by atoms with Gasteiger partial charge in [0.25, 0.3) is 5.91 Å². The molecule has 2 N–H and O–H groups in total. The van der Waals surface area contributed by atoms with Crippen LogP contribution in [0.25, 0.3) is 0 Å². The van der Waals surface area contributed by atoms with E-state index in [9.17, 15) is 9.18 Å². The Balaban J connectivity index is 2.21. The van der Waals surface area contributed by atoms with Gasteiger partial charge in [0.1, 0.15) is 5.82 Å². The highest BCUT2D eigenvalue weighted by Crippen LogP contribution is 2.15. The summed E-state index contributed by atoms with van der Waals surface area (Å²) in [5.41, 5.74) is 6.87. The number of nitrogen functional groups attached to an aromatic ring is 1. The molecule has 4 heteroatoms. The average molecular weight is 272 g/mol. The molecule has 0 atom stereocenters. The first-order valence-corrected chi connectivity index (χ1v) is 6.50. The molecule has 0 aliphatic carbocycles. The van der Waals surface area contributed by atoms with Crippen molar-refractivity contribution >= 4 is 11.6 Å². The molecule has 3 nitrogen and oxygen atoms in total. The second-order valence-corrected chi connectivity index (χ2v) is 4.54. The molecule has 2 aromatic rings. The van der Waals surface area contributed by atoms with Crippen LogP contribution in [0, 0.1) is 5.82 Å². The standard InChI is InChI=1S/C16H17FN2O/c1-2-19(11-12-6-4-3-5-7-12)16(20)14-9-8-13(18)10-15(14)17/h3-10H,2,11,18H2,1H3. The Hall–Kier alpha value is -2.36. The van der Waals surface area contributed by atoms with Crippen molar-refractivity contribution in [3.8, 4) is 0 Å². The fraction of sp³-hybridized carbons (Fsp3) is 0.188. The summed E-state index contributed by atoms with van der Waals surface area (Å²) in [7, 11) is 0. The van der Waals surface area contributed by atoms with E-state index in [-0.39, 0.29) is 11.5 Å². The number of nitrogens with zero attached hydrogens (tertiary/aromatic N) is 1. The van der Waals surface area contributed by atoms with Crippen LogP contribution in [0.4, 0.5) is 10.1 Å². The summed E-state index contributed by atoms with van der Waals surface area (Å²) in [4.78, 5) is 14.0. The summed E-state index contributed by atoms with van der Waals surface area (Å²) in [5.74, 6) is -0.907.